The summed E-state index contributed by atoms with van der Waals surface area (Å²) in [4.78, 5) is 11.7. The van der Waals surface area contributed by atoms with Crippen molar-refractivity contribution in [2.45, 2.75) is 27.3 Å². The van der Waals surface area contributed by atoms with E-state index in [9.17, 15) is 4.79 Å². The molecule has 1 heterocycles. The summed E-state index contributed by atoms with van der Waals surface area (Å²) in [6.45, 7) is 7.91. The molecule has 1 rings (SSSR count). The van der Waals surface area contributed by atoms with Crippen LogP contribution in [0.2, 0.25) is 0 Å². The lowest BCUT2D eigenvalue weighted by Gasteiger charge is -2.09. The Balaban J connectivity index is 2.56. The number of nitrogens with one attached hydrogen (secondary N) is 1. The average Bonchev–Trinajstić information content (AvgIpc) is 2.29. The zero-order valence-electron chi connectivity index (χ0n) is 10.8. The third kappa shape index (κ3) is 5.26. The predicted octanol–water partition coefficient (Wildman–Crippen LogP) is 2.06. The van der Waals surface area contributed by atoms with Gasteiger partial charge in [-0.05, 0) is 11.7 Å². The molecule has 0 aliphatic heterocycles. The van der Waals surface area contributed by atoms with Crippen LogP contribution < -0.4 is 10.9 Å². The van der Waals surface area contributed by atoms with E-state index in [0.717, 1.165) is 23.7 Å². The summed E-state index contributed by atoms with van der Waals surface area (Å²) in [5.41, 5.74) is 0.776. The maximum absolute atomic E-state index is 11.7. The molecule has 0 amide bonds. The van der Waals surface area contributed by atoms with Crippen molar-refractivity contribution in [3.05, 3.63) is 22.6 Å². The van der Waals surface area contributed by atoms with Gasteiger partial charge in [0, 0.05) is 18.4 Å². The molecule has 0 atom stereocenters. The van der Waals surface area contributed by atoms with Crippen molar-refractivity contribution in [1.82, 2.24) is 9.78 Å². The van der Waals surface area contributed by atoms with E-state index in [0.29, 0.717) is 12.5 Å². The van der Waals surface area contributed by atoms with Crippen LogP contribution >= 0.6 is 11.8 Å². The maximum atomic E-state index is 11.7. The minimum absolute atomic E-state index is 0.0320. The van der Waals surface area contributed by atoms with Crippen LogP contribution in [0.3, 0.4) is 0 Å². The van der Waals surface area contributed by atoms with E-state index >= 15 is 0 Å². The zero-order chi connectivity index (χ0) is 12.7. The molecule has 0 aliphatic carbocycles. The first kappa shape index (κ1) is 14.1. The van der Waals surface area contributed by atoms with E-state index in [1.807, 2.05) is 11.8 Å². The van der Waals surface area contributed by atoms with Crippen LogP contribution in [0.15, 0.2) is 17.1 Å². The van der Waals surface area contributed by atoms with Gasteiger partial charge in [-0.25, -0.2) is 4.68 Å². The van der Waals surface area contributed by atoms with Crippen molar-refractivity contribution in [3.8, 4) is 0 Å². The van der Waals surface area contributed by atoms with Gasteiger partial charge < -0.3 is 5.32 Å². The first-order valence-corrected chi connectivity index (χ1v) is 7.17. The minimum Gasteiger partial charge on any atom is -0.383 e. The number of thioether (sulfide) groups is 1. The molecule has 0 radical (unpaired) electrons. The van der Waals surface area contributed by atoms with Crippen LogP contribution in [-0.4, -0.2) is 27.8 Å². The Kier molecular flexibility index (Phi) is 6.11. The third-order valence-corrected chi connectivity index (χ3v) is 3.12. The Morgan fingerprint density at radius 1 is 1.53 bits per heavy atom. The van der Waals surface area contributed by atoms with Gasteiger partial charge in [0.05, 0.1) is 18.4 Å². The molecule has 1 aromatic rings. The first-order valence-electron chi connectivity index (χ1n) is 6.02. The molecule has 0 saturated heterocycles. The fraction of sp³-hybridized carbons (Fsp3) is 0.667. The van der Waals surface area contributed by atoms with E-state index in [1.54, 1.807) is 12.3 Å². The van der Waals surface area contributed by atoms with E-state index < -0.39 is 0 Å². The molecule has 0 spiro atoms. The summed E-state index contributed by atoms with van der Waals surface area (Å²) < 4.78 is 1.52. The summed E-state index contributed by atoms with van der Waals surface area (Å²) in [6.07, 6.45) is 1.72. The molecule has 1 aromatic heterocycles. The van der Waals surface area contributed by atoms with E-state index in [1.165, 1.54) is 4.68 Å². The van der Waals surface area contributed by atoms with Crippen molar-refractivity contribution in [2.75, 3.05) is 23.4 Å². The maximum Gasteiger partial charge on any atom is 0.268 e. The zero-order valence-corrected chi connectivity index (χ0v) is 11.6. The molecular weight excluding hydrogens is 234 g/mol. The monoisotopic (exact) mass is 255 g/mol. The molecule has 5 heteroatoms. The second-order valence-corrected chi connectivity index (χ2v) is 5.67. The molecule has 17 heavy (non-hydrogen) atoms. The number of aromatic nitrogens is 2. The SMILES string of the molecule is CCSCCn1ncc(NCC(C)C)cc1=O. The molecule has 96 valence electrons. The molecule has 0 bridgehead atoms. The molecule has 1 N–H and O–H groups in total. The molecule has 0 unspecified atom stereocenters. The highest BCUT2D eigenvalue weighted by atomic mass is 32.2. The predicted molar refractivity (Wildman–Crippen MR) is 74.8 cm³/mol. The molecule has 0 aliphatic rings. The van der Waals surface area contributed by atoms with E-state index in [-0.39, 0.29) is 5.56 Å². The molecule has 0 aromatic carbocycles. The standard InChI is InChI=1S/C12H21N3OS/c1-4-17-6-5-15-12(16)7-11(9-14-15)13-8-10(2)3/h7,9-10,13H,4-6,8H2,1-3H3. The van der Waals surface area contributed by atoms with E-state index in [2.05, 4.69) is 31.2 Å². The number of nitrogens with zero attached hydrogens (tertiary/aromatic N) is 2. The average molecular weight is 255 g/mol. The second-order valence-electron chi connectivity index (χ2n) is 4.28. The van der Waals surface area contributed by atoms with Crippen molar-refractivity contribution in [3.63, 3.8) is 0 Å². The van der Waals surface area contributed by atoms with Crippen LogP contribution in [0.25, 0.3) is 0 Å². The quantitative estimate of drug-likeness (QED) is 0.758. The van der Waals surface area contributed by atoms with Crippen LogP contribution in [0.5, 0.6) is 0 Å². The van der Waals surface area contributed by atoms with Crippen LogP contribution in [0.4, 0.5) is 5.69 Å². The topological polar surface area (TPSA) is 46.9 Å². The number of hydrogen-bond donors (Lipinski definition) is 1. The molecule has 0 fully saturated rings. The summed E-state index contributed by atoms with van der Waals surface area (Å²) in [7, 11) is 0. The van der Waals surface area contributed by atoms with Crippen molar-refractivity contribution < 1.29 is 0 Å². The van der Waals surface area contributed by atoms with E-state index in [4.69, 9.17) is 0 Å². The fourth-order valence-electron chi connectivity index (χ4n) is 1.32. The van der Waals surface area contributed by atoms with Crippen LogP contribution in [0, 0.1) is 5.92 Å². The van der Waals surface area contributed by atoms with Gasteiger partial charge in [-0.2, -0.15) is 16.9 Å². The van der Waals surface area contributed by atoms with Crippen molar-refractivity contribution in [2.24, 2.45) is 5.92 Å². The van der Waals surface area contributed by atoms with Crippen LogP contribution in [-0.2, 0) is 6.54 Å². The van der Waals surface area contributed by atoms with Gasteiger partial charge in [-0.1, -0.05) is 20.8 Å². The Labute approximate surface area is 107 Å². The fourth-order valence-corrected chi connectivity index (χ4v) is 1.91. The second kappa shape index (κ2) is 7.37. The highest BCUT2D eigenvalue weighted by Gasteiger charge is 2.00. The lowest BCUT2D eigenvalue weighted by atomic mass is 10.2. The minimum atomic E-state index is -0.0320. The Morgan fingerprint density at radius 3 is 2.88 bits per heavy atom. The van der Waals surface area contributed by atoms with Crippen molar-refractivity contribution >= 4 is 17.4 Å². The number of hydrogen-bond acceptors (Lipinski definition) is 4. The normalized spacial score (nSPS) is 10.8. The van der Waals surface area contributed by atoms with Gasteiger partial charge >= 0.3 is 0 Å². The van der Waals surface area contributed by atoms with Gasteiger partial charge in [0.15, 0.2) is 0 Å². The summed E-state index contributed by atoms with van der Waals surface area (Å²) >= 11 is 1.81. The summed E-state index contributed by atoms with van der Waals surface area (Å²) in [5.74, 6) is 2.56. The Bertz CT molecular complexity index is 390. The number of aryl methyl sites for hydroxylation is 1. The van der Waals surface area contributed by atoms with Crippen LogP contribution in [0.1, 0.15) is 20.8 Å². The number of anilines is 1. The summed E-state index contributed by atoms with van der Waals surface area (Å²) in [5, 5.41) is 7.35. The Morgan fingerprint density at radius 2 is 2.29 bits per heavy atom. The largest absolute Gasteiger partial charge is 0.383 e. The highest BCUT2D eigenvalue weighted by molar-refractivity contribution is 7.99. The molecular formula is C12H21N3OS. The lowest BCUT2D eigenvalue weighted by molar-refractivity contribution is 0.620. The lowest BCUT2D eigenvalue weighted by Crippen LogP contribution is -2.24. The molecule has 0 saturated carbocycles. The smallest absolute Gasteiger partial charge is 0.268 e. The van der Waals surface area contributed by atoms with Crippen molar-refractivity contribution in [1.29, 1.82) is 0 Å². The molecule has 4 nitrogen and oxygen atoms in total. The number of rotatable bonds is 7. The summed E-state index contributed by atoms with van der Waals surface area (Å²) in [6, 6.07) is 1.62. The highest BCUT2D eigenvalue weighted by Crippen LogP contribution is 2.03. The van der Waals surface area contributed by atoms with Gasteiger partial charge in [-0.3, -0.25) is 4.79 Å². The van der Waals surface area contributed by atoms with Gasteiger partial charge in [0.2, 0.25) is 0 Å². The van der Waals surface area contributed by atoms with Gasteiger partial charge in [0.1, 0.15) is 0 Å². The van der Waals surface area contributed by atoms with Gasteiger partial charge in [-0.15, -0.1) is 0 Å². The third-order valence-electron chi connectivity index (χ3n) is 2.24. The van der Waals surface area contributed by atoms with Gasteiger partial charge in [0.25, 0.3) is 5.56 Å². The Hall–Kier alpha value is -0.970. The first-order chi connectivity index (χ1) is 8.13.